The average Bonchev–Trinajstić information content (AvgIpc) is 2.19. The maximum atomic E-state index is 5.14. The molecule has 1 heterocycles. The Balaban J connectivity index is 2.77. The Hall–Kier alpha value is -0.760. The van der Waals surface area contributed by atoms with Crippen molar-refractivity contribution in [2.45, 2.75) is 0 Å². The van der Waals surface area contributed by atoms with Crippen molar-refractivity contribution in [3.8, 4) is 0 Å². The maximum Gasteiger partial charge on any atom is -0.00202 e. The Labute approximate surface area is 52.5 Å². The van der Waals surface area contributed by atoms with E-state index in [2.05, 4.69) is 0 Å². The summed E-state index contributed by atoms with van der Waals surface area (Å²) in [6.45, 7) is 0. The monoisotopic (exact) mass is 125 g/mol. The molecule has 0 unspecified atom stereocenters. The van der Waals surface area contributed by atoms with Gasteiger partial charge in [0.1, 0.15) is 0 Å². The zero-order chi connectivity index (χ0) is 5.82. The quantitative estimate of drug-likeness (QED) is 0.607. The molecule has 42 valence electrons. The fourth-order valence-corrected chi connectivity index (χ4v) is 1.11. The first-order chi connectivity index (χ1) is 3.93. The van der Waals surface area contributed by atoms with E-state index in [1.54, 1.807) is 17.5 Å². The van der Waals surface area contributed by atoms with Gasteiger partial charge in [-0.25, -0.2) is 0 Å². The molecule has 0 aliphatic heterocycles. The molecule has 0 bridgehead atoms. The molecule has 1 rings (SSSR count). The smallest absolute Gasteiger partial charge is 0.00202 e. The standard InChI is InChI=1S/C6H7NS/c7-3-1-6-2-4-8-5-6/h1-5H,7H2/b3-1+. The summed E-state index contributed by atoms with van der Waals surface area (Å²) in [7, 11) is 0. The normalized spacial score (nSPS) is 10.5. The van der Waals surface area contributed by atoms with Crippen molar-refractivity contribution in [1.82, 2.24) is 0 Å². The highest BCUT2D eigenvalue weighted by Crippen LogP contribution is 2.06. The Morgan fingerprint density at radius 3 is 3.00 bits per heavy atom. The van der Waals surface area contributed by atoms with Crippen LogP contribution in [0, 0.1) is 0 Å². The number of rotatable bonds is 1. The minimum Gasteiger partial charge on any atom is -0.405 e. The van der Waals surface area contributed by atoms with Crippen LogP contribution in [0.1, 0.15) is 5.56 Å². The summed E-state index contributed by atoms with van der Waals surface area (Å²) < 4.78 is 0. The largest absolute Gasteiger partial charge is 0.405 e. The second kappa shape index (κ2) is 2.52. The molecule has 0 saturated carbocycles. The number of nitrogens with two attached hydrogens (primary N) is 1. The van der Waals surface area contributed by atoms with E-state index in [4.69, 9.17) is 5.73 Å². The van der Waals surface area contributed by atoms with E-state index in [-0.39, 0.29) is 0 Å². The fourth-order valence-electron chi connectivity index (χ4n) is 0.481. The predicted octanol–water partition coefficient (Wildman–Crippen LogP) is 1.68. The highest BCUT2D eigenvalue weighted by atomic mass is 32.1. The number of hydrogen-bond donors (Lipinski definition) is 1. The summed E-state index contributed by atoms with van der Waals surface area (Å²) in [5.74, 6) is 0. The van der Waals surface area contributed by atoms with Gasteiger partial charge in [0.25, 0.3) is 0 Å². The lowest BCUT2D eigenvalue weighted by Gasteiger charge is -1.75. The van der Waals surface area contributed by atoms with Crippen LogP contribution in [0.5, 0.6) is 0 Å². The van der Waals surface area contributed by atoms with E-state index in [9.17, 15) is 0 Å². The second-order valence-corrected chi connectivity index (χ2v) is 2.20. The fraction of sp³-hybridized carbons (Fsp3) is 0. The van der Waals surface area contributed by atoms with Crippen LogP contribution < -0.4 is 5.73 Å². The highest BCUT2D eigenvalue weighted by Gasteiger charge is 1.80. The molecule has 8 heavy (non-hydrogen) atoms. The predicted molar refractivity (Wildman–Crippen MR) is 37.5 cm³/mol. The van der Waals surface area contributed by atoms with E-state index < -0.39 is 0 Å². The molecule has 0 amide bonds. The summed E-state index contributed by atoms with van der Waals surface area (Å²) in [5, 5.41) is 4.07. The van der Waals surface area contributed by atoms with Crippen LogP contribution in [0.15, 0.2) is 23.0 Å². The van der Waals surface area contributed by atoms with E-state index in [1.165, 1.54) is 5.56 Å². The zero-order valence-electron chi connectivity index (χ0n) is 4.37. The first kappa shape index (κ1) is 5.38. The minimum atomic E-state index is 1.18. The van der Waals surface area contributed by atoms with E-state index in [0.717, 1.165) is 0 Å². The van der Waals surface area contributed by atoms with Gasteiger partial charge >= 0.3 is 0 Å². The highest BCUT2D eigenvalue weighted by molar-refractivity contribution is 7.08. The van der Waals surface area contributed by atoms with Gasteiger partial charge in [0.05, 0.1) is 0 Å². The third-order valence-electron chi connectivity index (χ3n) is 0.832. The average molecular weight is 125 g/mol. The molecule has 0 spiro atoms. The van der Waals surface area contributed by atoms with Crippen LogP contribution in [0.3, 0.4) is 0 Å². The Morgan fingerprint density at radius 2 is 2.50 bits per heavy atom. The van der Waals surface area contributed by atoms with Crippen molar-refractivity contribution in [1.29, 1.82) is 0 Å². The molecular weight excluding hydrogens is 118 g/mol. The third-order valence-corrected chi connectivity index (χ3v) is 1.53. The molecule has 0 atom stereocenters. The lowest BCUT2D eigenvalue weighted by molar-refractivity contribution is 1.63. The first-order valence-electron chi connectivity index (χ1n) is 2.34. The molecule has 0 radical (unpaired) electrons. The number of hydrogen-bond acceptors (Lipinski definition) is 2. The number of thiophene rings is 1. The van der Waals surface area contributed by atoms with Gasteiger partial charge in [-0.15, -0.1) is 0 Å². The van der Waals surface area contributed by atoms with Crippen LogP contribution in [0.25, 0.3) is 6.08 Å². The first-order valence-corrected chi connectivity index (χ1v) is 3.28. The Bertz CT molecular complexity index is 165. The summed E-state index contributed by atoms with van der Waals surface area (Å²) in [5.41, 5.74) is 6.32. The summed E-state index contributed by atoms with van der Waals surface area (Å²) >= 11 is 1.67. The summed E-state index contributed by atoms with van der Waals surface area (Å²) in [6.07, 6.45) is 3.42. The van der Waals surface area contributed by atoms with Crippen molar-refractivity contribution in [2.24, 2.45) is 5.73 Å². The van der Waals surface area contributed by atoms with Crippen LogP contribution in [-0.4, -0.2) is 0 Å². The van der Waals surface area contributed by atoms with Crippen molar-refractivity contribution in [2.75, 3.05) is 0 Å². The van der Waals surface area contributed by atoms with Gasteiger partial charge < -0.3 is 5.73 Å². The zero-order valence-corrected chi connectivity index (χ0v) is 5.19. The van der Waals surface area contributed by atoms with E-state index >= 15 is 0 Å². The summed E-state index contributed by atoms with van der Waals surface area (Å²) in [6, 6.07) is 2.02. The minimum absolute atomic E-state index is 1.18. The van der Waals surface area contributed by atoms with Gasteiger partial charge in [0.15, 0.2) is 0 Å². The molecule has 0 aromatic carbocycles. The van der Waals surface area contributed by atoms with Crippen LogP contribution in [-0.2, 0) is 0 Å². The van der Waals surface area contributed by atoms with Crippen molar-refractivity contribution in [3.05, 3.63) is 28.6 Å². The second-order valence-electron chi connectivity index (χ2n) is 1.42. The van der Waals surface area contributed by atoms with E-state index in [0.29, 0.717) is 0 Å². The van der Waals surface area contributed by atoms with Gasteiger partial charge in [-0.3, -0.25) is 0 Å². The SMILES string of the molecule is N/C=C/c1ccsc1. The van der Waals surface area contributed by atoms with Gasteiger partial charge in [0.2, 0.25) is 0 Å². The molecule has 0 fully saturated rings. The van der Waals surface area contributed by atoms with Crippen molar-refractivity contribution in [3.63, 3.8) is 0 Å². The van der Waals surface area contributed by atoms with Crippen LogP contribution >= 0.6 is 11.3 Å². The lowest BCUT2D eigenvalue weighted by Crippen LogP contribution is -1.73. The van der Waals surface area contributed by atoms with Gasteiger partial charge in [0, 0.05) is 0 Å². The maximum absolute atomic E-state index is 5.14. The van der Waals surface area contributed by atoms with Crippen LogP contribution in [0.4, 0.5) is 0 Å². The van der Waals surface area contributed by atoms with Crippen molar-refractivity contribution < 1.29 is 0 Å². The molecule has 0 aliphatic rings. The van der Waals surface area contributed by atoms with Gasteiger partial charge in [-0.05, 0) is 34.7 Å². The molecule has 1 aromatic heterocycles. The lowest BCUT2D eigenvalue weighted by atomic mass is 10.3. The molecule has 2 heteroatoms. The third kappa shape index (κ3) is 1.10. The molecule has 1 nitrogen and oxygen atoms in total. The Morgan fingerprint density at radius 1 is 1.62 bits per heavy atom. The molecule has 1 aromatic rings. The molecular formula is C6H7NS. The van der Waals surface area contributed by atoms with Gasteiger partial charge in [-0.1, -0.05) is 0 Å². The Kier molecular flexibility index (Phi) is 1.70. The van der Waals surface area contributed by atoms with Crippen LogP contribution in [0.2, 0.25) is 0 Å². The van der Waals surface area contributed by atoms with Crippen molar-refractivity contribution >= 4 is 17.4 Å². The van der Waals surface area contributed by atoms with E-state index in [1.807, 2.05) is 22.9 Å². The summed E-state index contributed by atoms with van der Waals surface area (Å²) in [4.78, 5) is 0. The topological polar surface area (TPSA) is 26.0 Å². The van der Waals surface area contributed by atoms with Gasteiger partial charge in [-0.2, -0.15) is 11.3 Å². The molecule has 0 aliphatic carbocycles. The molecule has 0 saturated heterocycles. The molecule has 2 N–H and O–H groups in total.